The van der Waals surface area contributed by atoms with E-state index in [0.29, 0.717) is 6.61 Å². The number of aromatic nitrogens is 2. The lowest BCUT2D eigenvalue weighted by Crippen LogP contribution is -2.44. The lowest BCUT2D eigenvalue weighted by Gasteiger charge is -2.31. The lowest BCUT2D eigenvalue weighted by atomic mass is 10.1. The molecule has 6 heteroatoms. The minimum atomic E-state index is -0.429. The van der Waals surface area contributed by atoms with Crippen molar-refractivity contribution in [2.24, 2.45) is 0 Å². The Bertz CT molecular complexity index is 685. The molecule has 0 spiro atoms. The van der Waals surface area contributed by atoms with Crippen LogP contribution in [0.25, 0.3) is 0 Å². The van der Waals surface area contributed by atoms with Crippen LogP contribution in [0.4, 0.5) is 4.39 Å². The van der Waals surface area contributed by atoms with E-state index >= 15 is 0 Å². The summed E-state index contributed by atoms with van der Waals surface area (Å²) in [4.78, 5) is 10.5. The molecule has 0 radical (unpaired) electrons. The fourth-order valence-electron chi connectivity index (χ4n) is 3.63. The third-order valence-corrected chi connectivity index (χ3v) is 4.78. The van der Waals surface area contributed by atoms with Crippen LogP contribution in [-0.2, 0) is 11.3 Å². The van der Waals surface area contributed by atoms with Crippen LogP contribution in [0.1, 0.15) is 18.4 Å². The van der Waals surface area contributed by atoms with E-state index in [4.69, 9.17) is 9.47 Å². The quantitative estimate of drug-likeness (QED) is 0.862. The van der Waals surface area contributed by atoms with Gasteiger partial charge in [-0.3, -0.25) is 9.88 Å². The molecule has 0 N–H and O–H groups in total. The van der Waals surface area contributed by atoms with Crippen LogP contribution in [0.15, 0.2) is 42.9 Å². The van der Waals surface area contributed by atoms with Crippen LogP contribution in [0.2, 0.25) is 0 Å². The van der Waals surface area contributed by atoms with E-state index in [-0.39, 0.29) is 24.1 Å². The van der Waals surface area contributed by atoms with Crippen LogP contribution < -0.4 is 4.74 Å². The third-order valence-electron chi connectivity index (χ3n) is 4.78. The molecule has 2 fully saturated rings. The highest BCUT2D eigenvalue weighted by Gasteiger charge is 2.44. The summed E-state index contributed by atoms with van der Waals surface area (Å²) in [6.07, 6.45) is 6.87. The van der Waals surface area contributed by atoms with Crippen molar-refractivity contribution in [3.05, 3.63) is 54.2 Å². The highest BCUT2D eigenvalue weighted by Crippen LogP contribution is 2.33. The monoisotopic (exact) mass is 329 g/mol. The first-order valence-corrected chi connectivity index (χ1v) is 8.33. The fourth-order valence-corrected chi connectivity index (χ4v) is 3.63. The summed E-state index contributed by atoms with van der Waals surface area (Å²) in [6, 6.07) is 7.18. The van der Waals surface area contributed by atoms with E-state index in [2.05, 4.69) is 14.9 Å². The molecule has 0 amide bonds. The normalized spacial score (nSPS) is 27.0. The second kappa shape index (κ2) is 6.83. The van der Waals surface area contributed by atoms with Gasteiger partial charge in [0.05, 0.1) is 12.7 Å². The molecule has 2 bridgehead atoms. The zero-order valence-corrected chi connectivity index (χ0v) is 13.3. The molecular weight excluding hydrogens is 309 g/mol. The van der Waals surface area contributed by atoms with Gasteiger partial charge in [-0.1, -0.05) is 0 Å². The maximum Gasteiger partial charge on any atom is 0.250 e. The Labute approximate surface area is 140 Å². The Kier molecular flexibility index (Phi) is 4.40. The molecule has 2 aromatic rings. The van der Waals surface area contributed by atoms with E-state index in [0.717, 1.165) is 25.9 Å². The predicted octanol–water partition coefficient (Wildman–Crippen LogP) is 2.43. The van der Waals surface area contributed by atoms with Crippen molar-refractivity contribution in [1.29, 1.82) is 0 Å². The summed E-state index contributed by atoms with van der Waals surface area (Å²) in [5.74, 6) is -0.365. The average Bonchev–Trinajstić information content (AvgIpc) is 2.91. The Morgan fingerprint density at radius 1 is 1.21 bits per heavy atom. The van der Waals surface area contributed by atoms with Crippen LogP contribution in [-0.4, -0.2) is 46.3 Å². The SMILES string of the molecule is Fc1cccnc1O[C@H]1[C@H]2CC[C@H]1OCCN2Cc1ccncc1. The molecule has 126 valence electrons. The maximum absolute atomic E-state index is 13.9. The number of halogens is 1. The zero-order valence-electron chi connectivity index (χ0n) is 13.3. The van der Waals surface area contributed by atoms with E-state index in [9.17, 15) is 4.39 Å². The van der Waals surface area contributed by atoms with Crippen LogP contribution in [0, 0.1) is 5.82 Å². The molecule has 1 saturated heterocycles. The number of fused-ring (bicyclic) bond motifs is 2. The van der Waals surface area contributed by atoms with E-state index in [1.54, 1.807) is 24.7 Å². The molecule has 2 aliphatic rings. The average molecular weight is 329 g/mol. The van der Waals surface area contributed by atoms with Crippen LogP contribution >= 0.6 is 0 Å². The topological polar surface area (TPSA) is 47.5 Å². The largest absolute Gasteiger partial charge is 0.468 e. The maximum atomic E-state index is 13.9. The van der Waals surface area contributed by atoms with Gasteiger partial charge < -0.3 is 9.47 Å². The molecule has 5 nitrogen and oxygen atoms in total. The molecule has 1 aliphatic heterocycles. The fraction of sp³-hybridized carbons (Fsp3) is 0.444. The minimum Gasteiger partial charge on any atom is -0.468 e. The second-order valence-corrected chi connectivity index (χ2v) is 6.25. The van der Waals surface area contributed by atoms with Crippen LogP contribution in [0.3, 0.4) is 0 Å². The van der Waals surface area contributed by atoms with E-state index < -0.39 is 5.82 Å². The summed E-state index contributed by atoms with van der Waals surface area (Å²) < 4.78 is 25.8. The molecular formula is C18H20FN3O2. The van der Waals surface area contributed by atoms with Gasteiger partial charge in [0.1, 0.15) is 6.10 Å². The summed E-state index contributed by atoms with van der Waals surface area (Å²) in [7, 11) is 0. The van der Waals surface area contributed by atoms with Gasteiger partial charge in [-0.2, -0.15) is 0 Å². The van der Waals surface area contributed by atoms with Crippen molar-refractivity contribution in [3.8, 4) is 5.88 Å². The van der Waals surface area contributed by atoms with Gasteiger partial charge in [0, 0.05) is 37.7 Å². The van der Waals surface area contributed by atoms with Crippen molar-refractivity contribution < 1.29 is 13.9 Å². The summed E-state index contributed by atoms with van der Waals surface area (Å²) in [6.45, 7) is 2.32. The molecule has 2 aromatic heterocycles. The Balaban J connectivity index is 1.54. The third kappa shape index (κ3) is 3.12. The van der Waals surface area contributed by atoms with Crippen LogP contribution in [0.5, 0.6) is 5.88 Å². The first-order chi connectivity index (χ1) is 11.8. The van der Waals surface area contributed by atoms with Gasteiger partial charge in [0.15, 0.2) is 5.82 Å². The van der Waals surface area contributed by atoms with Crippen molar-refractivity contribution >= 4 is 0 Å². The Morgan fingerprint density at radius 2 is 2.08 bits per heavy atom. The molecule has 0 aromatic carbocycles. The smallest absolute Gasteiger partial charge is 0.250 e. The number of ether oxygens (including phenoxy) is 2. The number of hydrogen-bond donors (Lipinski definition) is 0. The minimum absolute atomic E-state index is 0.00107. The van der Waals surface area contributed by atoms with E-state index in [1.165, 1.54) is 11.6 Å². The number of pyridine rings is 2. The number of nitrogens with zero attached hydrogens (tertiary/aromatic N) is 3. The number of hydrogen-bond acceptors (Lipinski definition) is 5. The first-order valence-electron chi connectivity index (χ1n) is 8.33. The van der Waals surface area contributed by atoms with E-state index in [1.807, 2.05) is 12.1 Å². The van der Waals surface area contributed by atoms with Gasteiger partial charge in [-0.25, -0.2) is 9.37 Å². The predicted molar refractivity (Wildman–Crippen MR) is 86.0 cm³/mol. The Hall–Kier alpha value is -2.05. The van der Waals surface area contributed by atoms with Gasteiger partial charge in [-0.15, -0.1) is 0 Å². The molecule has 0 unspecified atom stereocenters. The molecule has 1 aliphatic carbocycles. The summed E-state index contributed by atoms with van der Waals surface area (Å²) in [5, 5.41) is 0. The summed E-state index contributed by atoms with van der Waals surface area (Å²) >= 11 is 0. The van der Waals surface area contributed by atoms with Gasteiger partial charge in [0.2, 0.25) is 0 Å². The van der Waals surface area contributed by atoms with Crippen molar-refractivity contribution in [2.45, 2.75) is 37.6 Å². The molecule has 3 atom stereocenters. The lowest BCUT2D eigenvalue weighted by molar-refractivity contribution is 0.000138. The zero-order chi connectivity index (χ0) is 16.4. The van der Waals surface area contributed by atoms with Crippen molar-refractivity contribution in [1.82, 2.24) is 14.9 Å². The standard InChI is InChI=1S/C18H20FN3O2/c19-14-2-1-7-21-18(14)24-17-15-3-4-16(17)23-11-10-22(15)12-13-5-8-20-9-6-13/h1-2,5-9,15-17H,3-4,10-12H2/t15-,16-,17+/m1/s1. The molecule has 3 heterocycles. The van der Waals surface area contributed by atoms with Gasteiger partial charge >= 0.3 is 0 Å². The molecule has 4 rings (SSSR count). The van der Waals surface area contributed by atoms with Crippen molar-refractivity contribution in [3.63, 3.8) is 0 Å². The molecule has 1 saturated carbocycles. The highest BCUT2D eigenvalue weighted by molar-refractivity contribution is 5.15. The Morgan fingerprint density at radius 3 is 2.92 bits per heavy atom. The summed E-state index contributed by atoms with van der Waals surface area (Å²) in [5.41, 5.74) is 1.21. The first kappa shape index (κ1) is 15.5. The number of rotatable bonds is 4. The highest BCUT2D eigenvalue weighted by atomic mass is 19.1. The van der Waals surface area contributed by atoms with Crippen molar-refractivity contribution in [2.75, 3.05) is 13.2 Å². The van der Waals surface area contributed by atoms with Gasteiger partial charge in [-0.05, 0) is 42.7 Å². The van der Waals surface area contributed by atoms with Gasteiger partial charge in [0.25, 0.3) is 5.88 Å². The second-order valence-electron chi connectivity index (χ2n) is 6.25. The molecule has 24 heavy (non-hydrogen) atoms.